The zero-order chi connectivity index (χ0) is 22.9. The first-order valence-electron chi connectivity index (χ1n) is 11.3. The molecule has 9 nitrogen and oxygen atoms in total. The molecule has 1 aromatic carbocycles. The average molecular weight is 445 g/mol. The predicted octanol–water partition coefficient (Wildman–Crippen LogP) is 1.72. The van der Waals surface area contributed by atoms with Crippen LogP contribution in [0, 0.1) is 11.8 Å². The zero-order valence-electron chi connectivity index (χ0n) is 19.0. The number of nitrogens with two attached hydrogens (primary N) is 1. The van der Waals surface area contributed by atoms with Gasteiger partial charge in [0.2, 0.25) is 5.95 Å². The van der Waals surface area contributed by atoms with E-state index in [1.807, 2.05) is 29.8 Å². The van der Waals surface area contributed by atoms with Crippen LogP contribution in [-0.2, 0) is 19.6 Å². The average Bonchev–Trinajstić information content (AvgIpc) is 3.19. The molecule has 1 unspecified atom stereocenters. The highest BCUT2D eigenvalue weighted by molar-refractivity contribution is 5.87. The molecule has 0 spiro atoms. The van der Waals surface area contributed by atoms with Gasteiger partial charge in [-0.05, 0) is 31.4 Å². The van der Waals surface area contributed by atoms with E-state index in [-0.39, 0.29) is 18.1 Å². The van der Waals surface area contributed by atoms with Gasteiger partial charge in [0, 0.05) is 32.7 Å². The summed E-state index contributed by atoms with van der Waals surface area (Å²) in [4.78, 5) is 27.3. The van der Waals surface area contributed by atoms with E-state index < -0.39 is 0 Å². The molecule has 1 fully saturated rings. The number of nitrogens with zero attached hydrogens (tertiary/aromatic N) is 7. The fraction of sp³-hybridized carbons (Fsp3) is 0.417. The van der Waals surface area contributed by atoms with Gasteiger partial charge in [0.05, 0.1) is 18.4 Å². The first kappa shape index (κ1) is 21.2. The van der Waals surface area contributed by atoms with Crippen LogP contribution in [0.1, 0.15) is 25.3 Å². The third kappa shape index (κ3) is 3.98. The highest BCUT2D eigenvalue weighted by Crippen LogP contribution is 2.26. The number of aliphatic imine (C=N–C) groups is 1. The Bertz CT molecular complexity index is 1340. The number of hydrogen-bond acceptors (Lipinski definition) is 7. The monoisotopic (exact) mass is 444 g/mol. The number of anilines is 1. The molecule has 33 heavy (non-hydrogen) atoms. The second-order valence-corrected chi connectivity index (χ2v) is 8.63. The molecular formula is C24H28N8O. The number of benzene rings is 1. The molecule has 0 saturated carbocycles. The first-order valence-corrected chi connectivity index (χ1v) is 11.3. The van der Waals surface area contributed by atoms with Crippen molar-refractivity contribution in [3.8, 4) is 11.8 Å². The van der Waals surface area contributed by atoms with E-state index in [1.165, 1.54) is 10.2 Å². The smallest absolute Gasteiger partial charge is 0.293 e. The van der Waals surface area contributed by atoms with Gasteiger partial charge in [0.1, 0.15) is 23.4 Å². The van der Waals surface area contributed by atoms with Gasteiger partial charge in [-0.25, -0.2) is 14.7 Å². The number of hydrogen-bond donors (Lipinski definition) is 1. The number of amidine groups is 1. The number of fused-ring (bicyclic) bond motifs is 2. The van der Waals surface area contributed by atoms with Gasteiger partial charge in [-0.3, -0.25) is 9.36 Å². The van der Waals surface area contributed by atoms with Crippen LogP contribution in [0.4, 0.5) is 11.6 Å². The van der Waals surface area contributed by atoms with Crippen molar-refractivity contribution in [2.45, 2.75) is 45.4 Å². The van der Waals surface area contributed by atoms with Crippen LogP contribution in [0.25, 0.3) is 11.0 Å². The van der Waals surface area contributed by atoms with Crippen LogP contribution in [0.3, 0.4) is 0 Å². The maximum Gasteiger partial charge on any atom is 0.293 e. The molecule has 4 heterocycles. The maximum absolute atomic E-state index is 13.6. The molecule has 2 aliphatic heterocycles. The van der Waals surface area contributed by atoms with Gasteiger partial charge in [-0.2, -0.15) is 5.10 Å². The van der Waals surface area contributed by atoms with Gasteiger partial charge in [-0.15, -0.1) is 5.92 Å². The summed E-state index contributed by atoms with van der Waals surface area (Å²) in [6.45, 7) is 4.79. The van der Waals surface area contributed by atoms with Gasteiger partial charge in [-0.1, -0.05) is 24.1 Å². The Labute approximate surface area is 192 Å². The summed E-state index contributed by atoms with van der Waals surface area (Å²) < 4.78 is 3.38. The van der Waals surface area contributed by atoms with Crippen LogP contribution < -0.4 is 16.2 Å². The van der Waals surface area contributed by atoms with Crippen molar-refractivity contribution in [2.75, 3.05) is 25.0 Å². The lowest BCUT2D eigenvalue weighted by Gasteiger charge is -2.31. The molecular weight excluding hydrogens is 416 g/mol. The Morgan fingerprint density at radius 1 is 1.27 bits per heavy atom. The van der Waals surface area contributed by atoms with E-state index in [9.17, 15) is 4.79 Å². The third-order valence-corrected chi connectivity index (χ3v) is 6.27. The van der Waals surface area contributed by atoms with Crippen molar-refractivity contribution in [1.82, 2.24) is 24.2 Å². The van der Waals surface area contributed by atoms with Crippen LogP contribution in [0.2, 0.25) is 0 Å². The topological polar surface area (TPSA) is 97.6 Å². The fourth-order valence-corrected chi connectivity index (χ4v) is 4.54. The minimum absolute atomic E-state index is 0.0989. The van der Waals surface area contributed by atoms with Crippen molar-refractivity contribution in [3.63, 3.8) is 0 Å². The van der Waals surface area contributed by atoms with Crippen molar-refractivity contribution in [3.05, 3.63) is 46.4 Å². The van der Waals surface area contributed by atoms with Crippen molar-refractivity contribution < 1.29 is 0 Å². The van der Waals surface area contributed by atoms with Crippen molar-refractivity contribution in [1.29, 1.82) is 0 Å². The van der Waals surface area contributed by atoms with Crippen molar-refractivity contribution >= 4 is 28.5 Å². The SMILES string of the molecule is CC#CCn1c(N2CCCC(N)C2)nc2cnn(CC3=Nc4ccccc4CN3C)c(=O)c21. The molecule has 170 valence electrons. The van der Waals surface area contributed by atoms with Crippen LogP contribution >= 0.6 is 0 Å². The molecule has 5 rings (SSSR count). The summed E-state index contributed by atoms with van der Waals surface area (Å²) in [5.41, 5.74) is 9.21. The highest BCUT2D eigenvalue weighted by Gasteiger charge is 2.25. The minimum atomic E-state index is -0.194. The standard InChI is InChI=1S/C24H28N8O/c1-3-4-12-31-22-20(28-24(31)30-11-7-9-18(25)15-30)13-26-32(23(22)33)16-21-27-19-10-6-5-8-17(19)14-29(21)2/h5-6,8,10,13,18H,7,9,11-12,14-16,25H2,1-2H3. The summed E-state index contributed by atoms with van der Waals surface area (Å²) in [7, 11) is 1.98. The Morgan fingerprint density at radius 2 is 2.12 bits per heavy atom. The highest BCUT2D eigenvalue weighted by atomic mass is 16.1. The summed E-state index contributed by atoms with van der Waals surface area (Å²) in [6, 6.07) is 8.16. The number of imidazole rings is 1. The van der Waals surface area contributed by atoms with Gasteiger partial charge >= 0.3 is 0 Å². The van der Waals surface area contributed by atoms with E-state index in [0.717, 1.165) is 43.4 Å². The van der Waals surface area contributed by atoms with E-state index in [1.54, 1.807) is 13.1 Å². The number of para-hydroxylation sites is 1. The zero-order valence-corrected chi connectivity index (χ0v) is 19.0. The molecule has 0 bridgehead atoms. The lowest BCUT2D eigenvalue weighted by atomic mass is 10.1. The quantitative estimate of drug-likeness (QED) is 0.616. The molecule has 9 heteroatoms. The summed E-state index contributed by atoms with van der Waals surface area (Å²) in [5, 5.41) is 4.43. The van der Waals surface area contributed by atoms with E-state index in [4.69, 9.17) is 15.7 Å². The van der Waals surface area contributed by atoms with E-state index in [2.05, 4.69) is 32.8 Å². The first-order chi connectivity index (χ1) is 16.0. The molecule has 0 aliphatic carbocycles. The normalized spacial score (nSPS) is 18.0. The second kappa shape index (κ2) is 8.71. The summed E-state index contributed by atoms with van der Waals surface area (Å²) >= 11 is 0. The second-order valence-electron chi connectivity index (χ2n) is 8.63. The molecule has 1 atom stereocenters. The molecule has 2 aromatic heterocycles. The van der Waals surface area contributed by atoms with Gasteiger partial charge in [0.15, 0.2) is 0 Å². The Balaban J connectivity index is 1.56. The number of likely N-dealkylation sites (N-methyl/N-ethyl adjacent to an activating group) is 1. The van der Waals surface area contributed by atoms with E-state index in [0.29, 0.717) is 24.1 Å². The van der Waals surface area contributed by atoms with Gasteiger partial charge in [0.25, 0.3) is 5.56 Å². The third-order valence-electron chi connectivity index (χ3n) is 6.27. The molecule has 1 saturated heterocycles. The summed E-state index contributed by atoms with van der Waals surface area (Å²) in [5.74, 6) is 7.56. The van der Waals surface area contributed by atoms with Crippen LogP contribution in [0.15, 0.2) is 40.2 Å². The van der Waals surface area contributed by atoms with Crippen molar-refractivity contribution in [2.24, 2.45) is 10.7 Å². The molecule has 0 radical (unpaired) electrons. The number of rotatable bonds is 4. The molecule has 0 amide bonds. The molecule has 3 aromatic rings. The minimum Gasteiger partial charge on any atom is -0.357 e. The molecule has 2 aliphatic rings. The summed E-state index contributed by atoms with van der Waals surface area (Å²) in [6.07, 6.45) is 3.66. The molecule has 2 N–H and O–H groups in total. The lowest BCUT2D eigenvalue weighted by molar-refractivity contribution is 0.466. The number of aromatic nitrogens is 4. The predicted molar refractivity (Wildman–Crippen MR) is 130 cm³/mol. The Hall–Kier alpha value is -3.64. The van der Waals surface area contributed by atoms with Crippen LogP contribution in [-0.4, -0.2) is 56.2 Å². The largest absolute Gasteiger partial charge is 0.357 e. The Morgan fingerprint density at radius 3 is 2.94 bits per heavy atom. The maximum atomic E-state index is 13.6. The fourth-order valence-electron chi connectivity index (χ4n) is 4.54. The van der Waals surface area contributed by atoms with Crippen LogP contribution in [0.5, 0.6) is 0 Å². The van der Waals surface area contributed by atoms with Gasteiger partial charge < -0.3 is 15.5 Å². The Kier molecular flexibility index (Phi) is 5.60. The number of piperidine rings is 1. The van der Waals surface area contributed by atoms with E-state index >= 15 is 0 Å². The lowest BCUT2D eigenvalue weighted by Crippen LogP contribution is -2.44.